The molecule has 19 heavy (non-hydrogen) atoms. The molecule has 0 aromatic heterocycles. The summed E-state index contributed by atoms with van der Waals surface area (Å²) in [6.07, 6.45) is 0.402. The molecule has 0 unspecified atom stereocenters. The van der Waals surface area contributed by atoms with Crippen molar-refractivity contribution < 1.29 is 9.53 Å². The number of nitrogens with zero attached hydrogens (tertiary/aromatic N) is 1. The Morgan fingerprint density at radius 3 is 2.74 bits per heavy atom. The summed E-state index contributed by atoms with van der Waals surface area (Å²) in [4.78, 5) is 13.2. The van der Waals surface area contributed by atoms with E-state index in [2.05, 4.69) is 30.8 Å². The van der Waals surface area contributed by atoms with E-state index in [1.54, 1.807) is 4.90 Å². The Hall–Kier alpha value is -2.29. The largest absolute Gasteiger partial charge is 0.443 e. The standard InChI is InChI=1S/C16H13NO2/c1-10-15-14(19-16(18)17(10)15)9-12-7-4-6-11-5-2-3-8-13(11)12/h2-8,14-15H,1,9H2/t14-,15+,17?/m1/s1. The van der Waals surface area contributed by atoms with Gasteiger partial charge in [-0.3, -0.25) is 4.90 Å². The lowest BCUT2D eigenvalue weighted by molar-refractivity contribution is 0.126. The maximum absolute atomic E-state index is 11.5. The Labute approximate surface area is 111 Å². The molecule has 2 heterocycles. The van der Waals surface area contributed by atoms with Crippen molar-refractivity contribution in [3.05, 3.63) is 60.3 Å². The number of rotatable bonds is 2. The van der Waals surface area contributed by atoms with Crippen molar-refractivity contribution in [2.24, 2.45) is 0 Å². The van der Waals surface area contributed by atoms with Crippen LogP contribution in [-0.2, 0) is 11.2 Å². The Morgan fingerprint density at radius 1 is 1.16 bits per heavy atom. The second-order valence-corrected chi connectivity index (χ2v) is 5.07. The molecule has 0 bridgehead atoms. The van der Waals surface area contributed by atoms with Crippen LogP contribution in [0.25, 0.3) is 10.8 Å². The SMILES string of the molecule is C=C1[C@H]2[C@@H](Cc3cccc4ccccc34)OC(=O)N12. The zero-order valence-corrected chi connectivity index (χ0v) is 10.4. The van der Waals surface area contributed by atoms with Crippen molar-refractivity contribution in [1.82, 2.24) is 4.90 Å². The van der Waals surface area contributed by atoms with Crippen molar-refractivity contribution in [2.45, 2.75) is 18.6 Å². The average Bonchev–Trinajstić information content (AvgIpc) is 2.97. The fourth-order valence-electron chi connectivity index (χ4n) is 2.96. The highest BCUT2D eigenvalue weighted by molar-refractivity contribution is 5.86. The predicted molar refractivity (Wildman–Crippen MR) is 72.7 cm³/mol. The first-order valence-electron chi connectivity index (χ1n) is 6.41. The van der Waals surface area contributed by atoms with Gasteiger partial charge in [-0.2, -0.15) is 0 Å². The summed E-state index contributed by atoms with van der Waals surface area (Å²) in [5.41, 5.74) is 2.11. The van der Waals surface area contributed by atoms with Crippen LogP contribution in [0.2, 0.25) is 0 Å². The van der Waals surface area contributed by atoms with E-state index in [1.165, 1.54) is 16.3 Å². The second kappa shape index (κ2) is 3.60. The van der Waals surface area contributed by atoms with Gasteiger partial charge in [0.05, 0.1) is 0 Å². The second-order valence-electron chi connectivity index (χ2n) is 5.07. The molecule has 3 heteroatoms. The van der Waals surface area contributed by atoms with Gasteiger partial charge < -0.3 is 4.74 Å². The van der Waals surface area contributed by atoms with Gasteiger partial charge in [0.1, 0.15) is 12.1 Å². The molecule has 0 radical (unpaired) electrons. The molecule has 2 aromatic rings. The lowest BCUT2D eigenvalue weighted by atomic mass is 9.98. The van der Waals surface area contributed by atoms with Crippen LogP contribution in [0, 0.1) is 0 Å². The molecule has 1 amide bonds. The normalized spacial score (nSPS) is 24.5. The van der Waals surface area contributed by atoms with Crippen LogP contribution in [0.1, 0.15) is 5.56 Å². The molecule has 3 nitrogen and oxygen atoms in total. The molecular formula is C16H13NO2. The van der Waals surface area contributed by atoms with Crippen molar-refractivity contribution in [2.75, 3.05) is 0 Å². The highest BCUT2D eigenvalue weighted by atomic mass is 16.6. The third-order valence-electron chi connectivity index (χ3n) is 3.96. The summed E-state index contributed by atoms with van der Waals surface area (Å²) in [5.74, 6) is 0. The molecule has 2 fully saturated rings. The molecule has 0 spiro atoms. The molecule has 2 saturated heterocycles. The van der Waals surface area contributed by atoms with E-state index in [-0.39, 0.29) is 18.2 Å². The van der Waals surface area contributed by atoms with Crippen LogP contribution in [0.15, 0.2) is 54.7 Å². The van der Waals surface area contributed by atoms with E-state index in [9.17, 15) is 4.79 Å². The van der Waals surface area contributed by atoms with Gasteiger partial charge in [0.2, 0.25) is 0 Å². The minimum Gasteiger partial charge on any atom is -0.443 e. The molecular weight excluding hydrogens is 238 g/mol. The Balaban J connectivity index is 1.69. The summed E-state index contributed by atoms with van der Waals surface area (Å²) < 4.78 is 5.37. The lowest BCUT2D eigenvalue weighted by Crippen LogP contribution is -2.18. The molecule has 2 atom stereocenters. The van der Waals surface area contributed by atoms with Gasteiger partial charge >= 0.3 is 6.09 Å². The van der Waals surface area contributed by atoms with Crippen molar-refractivity contribution in [3.8, 4) is 0 Å². The molecule has 2 aromatic carbocycles. The van der Waals surface area contributed by atoms with Gasteiger partial charge in [-0.1, -0.05) is 49.0 Å². The highest BCUT2D eigenvalue weighted by Crippen LogP contribution is 2.43. The number of fused-ring (bicyclic) bond motifs is 2. The van der Waals surface area contributed by atoms with E-state index in [0.717, 1.165) is 12.1 Å². The minimum absolute atomic E-state index is 0.0893. The fourth-order valence-corrected chi connectivity index (χ4v) is 2.96. The van der Waals surface area contributed by atoms with E-state index >= 15 is 0 Å². The van der Waals surface area contributed by atoms with E-state index in [1.807, 2.05) is 18.2 Å². The number of carbonyl (C=O) groups excluding carboxylic acids is 1. The topological polar surface area (TPSA) is 29.3 Å². The van der Waals surface area contributed by atoms with Gasteiger partial charge in [-0.05, 0) is 16.3 Å². The smallest absolute Gasteiger partial charge is 0.415 e. The molecule has 2 aliphatic heterocycles. The van der Waals surface area contributed by atoms with Crippen LogP contribution < -0.4 is 0 Å². The van der Waals surface area contributed by atoms with Gasteiger partial charge in [-0.25, -0.2) is 4.79 Å². The first-order chi connectivity index (χ1) is 9.25. The number of amides is 1. The van der Waals surface area contributed by atoms with Crippen molar-refractivity contribution >= 4 is 16.9 Å². The van der Waals surface area contributed by atoms with Gasteiger partial charge in [0.15, 0.2) is 0 Å². The first-order valence-corrected chi connectivity index (χ1v) is 6.41. The van der Waals surface area contributed by atoms with E-state index in [4.69, 9.17) is 4.74 Å². The maximum Gasteiger partial charge on any atom is 0.415 e. The summed E-state index contributed by atoms with van der Waals surface area (Å²) in [6.45, 7) is 3.88. The van der Waals surface area contributed by atoms with Crippen LogP contribution >= 0.6 is 0 Å². The Morgan fingerprint density at radius 2 is 1.95 bits per heavy atom. The number of benzene rings is 2. The fraction of sp³-hybridized carbons (Fsp3) is 0.188. The minimum atomic E-state index is -0.250. The van der Waals surface area contributed by atoms with Crippen LogP contribution in [0.5, 0.6) is 0 Å². The van der Waals surface area contributed by atoms with E-state index < -0.39 is 0 Å². The van der Waals surface area contributed by atoms with Gasteiger partial charge in [0, 0.05) is 12.1 Å². The zero-order chi connectivity index (χ0) is 13.0. The average molecular weight is 251 g/mol. The molecule has 0 saturated carbocycles. The third kappa shape index (κ3) is 1.48. The summed E-state index contributed by atoms with van der Waals surface area (Å²) in [7, 11) is 0. The Bertz CT molecular complexity index is 701. The van der Waals surface area contributed by atoms with Gasteiger partial charge in [-0.15, -0.1) is 0 Å². The Kier molecular flexibility index (Phi) is 2.01. The summed E-state index contributed by atoms with van der Waals surface area (Å²) in [5, 5.41) is 2.45. The molecule has 2 aliphatic rings. The first kappa shape index (κ1) is 10.6. The predicted octanol–water partition coefficient (Wildman–Crippen LogP) is 3.10. The van der Waals surface area contributed by atoms with Gasteiger partial charge in [0.25, 0.3) is 0 Å². The summed E-state index contributed by atoms with van der Waals surface area (Å²) >= 11 is 0. The lowest BCUT2D eigenvalue weighted by Gasteiger charge is -2.12. The number of carbonyl (C=O) groups is 1. The maximum atomic E-state index is 11.5. The molecule has 4 rings (SSSR count). The van der Waals surface area contributed by atoms with Crippen LogP contribution in [-0.4, -0.2) is 23.1 Å². The van der Waals surface area contributed by atoms with Crippen LogP contribution in [0.4, 0.5) is 4.79 Å². The number of ether oxygens (including phenoxy) is 1. The molecule has 0 N–H and O–H groups in total. The third-order valence-corrected chi connectivity index (χ3v) is 3.96. The zero-order valence-electron chi connectivity index (χ0n) is 10.4. The van der Waals surface area contributed by atoms with Crippen molar-refractivity contribution in [1.29, 1.82) is 0 Å². The number of hydrogen-bond acceptors (Lipinski definition) is 2. The number of hydrogen-bond donors (Lipinski definition) is 0. The van der Waals surface area contributed by atoms with Crippen LogP contribution in [0.3, 0.4) is 0 Å². The molecule has 94 valence electrons. The summed E-state index contributed by atoms with van der Waals surface area (Å²) in [6, 6.07) is 14.6. The molecule has 0 aliphatic carbocycles. The van der Waals surface area contributed by atoms with Crippen molar-refractivity contribution in [3.63, 3.8) is 0 Å². The monoisotopic (exact) mass is 251 g/mol. The highest BCUT2D eigenvalue weighted by Gasteiger charge is 2.57. The van der Waals surface area contributed by atoms with E-state index in [0.29, 0.717) is 0 Å². The quantitative estimate of drug-likeness (QED) is 0.767. The number of cyclic esters (lactones) is 1.